The van der Waals surface area contributed by atoms with Gasteiger partial charge in [-0.3, -0.25) is 4.79 Å². The van der Waals surface area contributed by atoms with Gasteiger partial charge in [0.1, 0.15) is 0 Å². The maximum Gasteiger partial charge on any atom is 0.223 e. The summed E-state index contributed by atoms with van der Waals surface area (Å²) in [5.41, 5.74) is 4.90. The quantitative estimate of drug-likeness (QED) is 0.623. The standard InChI is InChI=1S/C8H15NO2/c9-7(11)8(5-6-10)3-1-2-4-8/h10H,1-6H2,(H2,9,11). The molecule has 0 spiro atoms. The number of aliphatic hydroxyl groups excluding tert-OH is 1. The number of carbonyl (C=O) groups is 1. The number of primary amides is 1. The van der Waals surface area contributed by atoms with Gasteiger partial charge in [-0.25, -0.2) is 0 Å². The van der Waals surface area contributed by atoms with Gasteiger partial charge in [0, 0.05) is 6.61 Å². The molecular weight excluding hydrogens is 142 g/mol. The van der Waals surface area contributed by atoms with Crippen LogP contribution in [0.25, 0.3) is 0 Å². The van der Waals surface area contributed by atoms with Crippen LogP contribution in [0, 0.1) is 5.41 Å². The summed E-state index contributed by atoms with van der Waals surface area (Å²) in [6, 6.07) is 0. The number of amides is 1. The lowest BCUT2D eigenvalue weighted by molar-refractivity contribution is -0.128. The van der Waals surface area contributed by atoms with E-state index >= 15 is 0 Å². The number of hydrogen-bond donors (Lipinski definition) is 2. The number of rotatable bonds is 3. The summed E-state index contributed by atoms with van der Waals surface area (Å²) in [4.78, 5) is 11.0. The van der Waals surface area contributed by atoms with Gasteiger partial charge < -0.3 is 10.8 Å². The molecule has 0 unspecified atom stereocenters. The second kappa shape index (κ2) is 3.22. The minimum absolute atomic E-state index is 0.0724. The maximum atomic E-state index is 11.0. The van der Waals surface area contributed by atoms with Crippen LogP contribution in [0.4, 0.5) is 0 Å². The summed E-state index contributed by atoms with van der Waals surface area (Å²) in [6.45, 7) is 0.0724. The molecule has 11 heavy (non-hydrogen) atoms. The molecule has 1 amide bonds. The van der Waals surface area contributed by atoms with E-state index in [1.54, 1.807) is 0 Å². The third-order valence-corrected chi connectivity index (χ3v) is 2.67. The second-order valence-electron chi connectivity index (χ2n) is 3.33. The van der Waals surface area contributed by atoms with E-state index in [2.05, 4.69) is 0 Å². The first-order valence-corrected chi connectivity index (χ1v) is 4.12. The lowest BCUT2D eigenvalue weighted by Gasteiger charge is -2.23. The molecule has 1 rings (SSSR count). The molecule has 3 heteroatoms. The van der Waals surface area contributed by atoms with E-state index in [1.807, 2.05) is 0 Å². The Balaban J connectivity index is 2.62. The van der Waals surface area contributed by atoms with Crippen LogP contribution in [-0.4, -0.2) is 17.6 Å². The van der Waals surface area contributed by atoms with Gasteiger partial charge in [-0.2, -0.15) is 0 Å². The van der Waals surface area contributed by atoms with Gasteiger partial charge in [-0.15, -0.1) is 0 Å². The molecule has 0 aromatic carbocycles. The highest BCUT2D eigenvalue weighted by molar-refractivity contribution is 5.81. The maximum absolute atomic E-state index is 11.0. The van der Waals surface area contributed by atoms with Crippen molar-refractivity contribution in [2.24, 2.45) is 11.1 Å². The zero-order chi connectivity index (χ0) is 8.32. The smallest absolute Gasteiger partial charge is 0.223 e. The third kappa shape index (κ3) is 1.53. The van der Waals surface area contributed by atoms with Crippen LogP contribution < -0.4 is 5.73 Å². The molecule has 0 aromatic rings. The second-order valence-corrected chi connectivity index (χ2v) is 3.33. The molecule has 0 heterocycles. The molecule has 0 radical (unpaired) electrons. The van der Waals surface area contributed by atoms with Crippen LogP contribution in [0.3, 0.4) is 0 Å². The number of carbonyl (C=O) groups excluding carboxylic acids is 1. The van der Waals surface area contributed by atoms with E-state index in [4.69, 9.17) is 10.8 Å². The van der Waals surface area contributed by atoms with Crippen molar-refractivity contribution in [1.29, 1.82) is 0 Å². The molecule has 1 saturated carbocycles. The van der Waals surface area contributed by atoms with Gasteiger partial charge in [-0.1, -0.05) is 12.8 Å². The molecular formula is C8H15NO2. The molecule has 0 aliphatic heterocycles. The van der Waals surface area contributed by atoms with Crippen LogP contribution in [0.5, 0.6) is 0 Å². The zero-order valence-corrected chi connectivity index (χ0v) is 6.68. The third-order valence-electron chi connectivity index (χ3n) is 2.67. The molecule has 1 fully saturated rings. The Labute approximate surface area is 66.6 Å². The molecule has 0 saturated heterocycles. The van der Waals surface area contributed by atoms with Crippen molar-refractivity contribution in [1.82, 2.24) is 0 Å². The highest BCUT2D eigenvalue weighted by Crippen LogP contribution is 2.40. The summed E-state index contributed by atoms with van der Waals surface area (Å²) in [6.07, 6.45) is 4.42. The minimum Gasteiger partial charge on any atom is -0.396 e. The predicted molar refractivity (Wildman–Crippen MR) is 41.8 cm³/mol. The Morgan fingerprint density at radius 3 is 2.36 bits per heavy atom. The van der Waals surface area contributed by atoms with Crippen molar-refractivity contribution in [2.75, 3.05) is 6.61 Å². The first-order chi connectivity index (χ1) is 5.21. The monoisotopic (exact) mass is 157 g/mol. The van der Waals surface area contributed by atoms with Crippen molar-refractivity contribution >= 4 is 5.91 Å². The van der Waals surface area contributed by atoms with E-state index < -0.39 is 0 Å². The first-order valence-electron chi connectivity index (χ1n) is 4.12. The summed E-state index contributed by atoms with van der Waals surface area (Å²) >= 11 is 0. The Morgan fingerprint density at radius 2 is 2.00 bits per heavy atom. The average Bonchev–Trinajstić information content (AvgIpc) is 2.38. The highest BCUT2D eigenvalue weighted by Gasteiger charge is 2.38. The van der Waals surface area contributed by atoms with Crippen molar-refractivity contribution in [3.63, 3.8) is 0 Å². The van der Waals surface area contributed by atoms with Gasteiger partial charge in [0.25, 0.3) is 0 Å². The van der Waals surface area contributed by atoms with E-state index in [9.17, 15) is 4.79 Å². The molecule has 1 aliphatic carbocycles. The molecule has 0 atom stereocenters. The fraction of sp³-hybridized carbons (Fsp3) is 0.875. The Hall–Kier alpha value is -0.570. The molecule has 3 N–H and O–H groups in total. The summed E-state index contributed by atoms with van der Waals surface area (Å²) in [5, 5.41) is 8.73. The molecule has 64 valence electrons. The summed E-state index contributed by atoms with van der Waals surface area (Å²) in [5.74, 6) is -0.232. The van der Waals surface area contributed by atoms with Crippen molar-refractivity contribution in [3.05, 3.63) is 0 Å². The highest BCUT2D eigenvalue weighted by atomic mass is 16.3. The predicted octanol–water partition coefficient (Wildman–Crippen LogP) is 0.414. The summed E-state index contributed by atoms with van der Waals surface area (Å²) in [7, 11) is 0. The lowest BCUT2D eigenvalue weighted by atomic mass is 9.82. The van der Waals surface area contributed by atoms with Crippen LogP contribution >= 0.6 is 0 Å². The van der Waals surface area contributed by atoms with Crippen LogP contribution in [0.1, 0.15) is 32.1 Å². The lowest BCUT2D eigenvalue weighted by Crippen LogP contribution is -2.35. The largest absolute Gasteiger partial charge is 0.396 e. The topological polar surface area (TPSA) is 63.3 Å². The minimum atomic E-state index is -0.366. The van der Waals surface area contributed by atoms with E-state index in [-0.39, 0.29) is 17.9 Å². The van der Waals surface area contributed by atoms with Crippen LogP contribution in [0.2, 0.25) is 0 Å². The zero-order valence-electron chi connectivity index (χ0n) is 6.68. The van der Waals surface area contributed by atoms with E-state index in [0.717, 1.165) is 25.7 Å². The first kappa shape index (κ1) is 8.53. The number of nitrogens with two attached hydrogens (primary N) is 1. The molecule has 0 bridgehead atoms. The molecule has 3 nitrogen and oxygen atoms in total. The van der Waals surface area contributed by atoms with Crippen LogP contribution in [-0.2, 0) is 4.79 Å². The van der Waals surface area contributed by atoms with Gasteiger partial charge in [0.15, 0.2) is 0 Å². The Bertz CT molecular complexity index is 150. The average molecular weight is 157 g/mol. The van der Waals surface area contributed by atoms with E-state index in [0.29, 0.717) is 6.42 Å². The SMILES string of the molecule is NC(=O)C1(CCO)CCCC1. The van der Waals surface area contributed by atoms with Gasteiger partial charge in [0.05, 0.1) is 5.41 Å². The number of aliphatic hydroxyl groups is 1. The Morgan fingerprint density at radius 1 is 1.45 bits per heavy atom. The Kier molecular flexibility index (Phi) is 2.49. The molecule has 0 aromatic heterocycles. The fourth-order valence-electron chi connectivity index (χ4n) is 1.89. The van der Waals surface area contributed by atoms with Gasteiger partial charge in [-0.05, 0) is 19.3 Å². The van der Waals surface area contributed by atoms with Crippen molar-refractivity contribution < 1.29 is 9.90 Å². The van der Waals surface area contributed by atoms with E-state index in [1.165, 1.54) is 0 Å². The van der Waals surface area contributed by atoms with Crippen molar-refractivity contribution in [3.8, 4) is 0 Å². The van der Waals surface area contributed by atoms with Crippen LogP contribution in [0.15, 0.2) is 0 Å². The van der Waals surface area contributed by atoms with Crippen molar-refractivity contribution in [2.45, 2.75) is 32.1 Å². The normalized spacial score (nSPS) is 21.9. The number of hydrogen-bond acceptors (Lipinski definition) is 2. The molecule has 1 aliphatic rings. The fourth-order valence-corrected chi connectivity index (χ4v) is 1.89. The van der Waals surface area contributed by atoms with Gasteiger partial charge >= 0.3 is 0 Å². The summed E-state index contributed by atoms with van der Waals surface area (Å²) < 4.78 is 0. The van der Waals surface area contributed by atoms with Gasteiger partial charge in [0.2, 0.25) is 5.91 Å².